The summed E-state index contributed by atoms with van der Waals surface area (Å²) in [6.45, 7) is 14.5. The predicted molar refractivity (Wildman–Crippen MR) is 85.7 cm³/mol. The SMILES string of the molecule is CC(C)[C@H]1CCC(=O)[C@H]1[C@H](N[S@](=O)C(C)(C)C)C(C)C. The largest absolute Gasteiger partial charge is 0.299 e. The monoisotopic (exact) mass is 301 g/mol. The molecule has 0 radical (unpaired) electrons. The van der Waals surface area contributed by atoms with E-state index in [2.05, 4.69) is 32.4 Å². The summed E-state index contributed by atoms with van der Waals surface area (Å²) in [6.07, 6.45) is 1.66. The second kappa shape index (κ2) is 6.69. The van der Waals surface area contributed by atoms with Crippen LogP contribution < -0.4 is 4.72 Å². The van der Waals surface area contributed by atoms with E-state index < -0.39 is 11.0 Å². The normalized spacial score (nSPS) is 27.4. The van der Waals surface area contributed by atoms with Crippen molar-refractivity contribution in [2.24, 2.45) is 23.7 Å². The number of rotatable bonds is 5. The molecule has 20 heavy (non-hydrogen) atoms. The first-order valence-corrected chi connectivity index (χ1v) is 8.91. The van der Waals surface area contributed by atoms with Crippen molar-refractivity contribution in [2.45, 2.75) is 72.1 Å². The molecule has 0 heterocycles. The lowest BCUT2D eigenvalue weighted by molar-refractivity contribution is -0.122. The molecular formula is C16H31NO2S. The second-order valence-electron chi connectivity index (χ2n) is 7.71. The first-order valence-electron chi connectivity index (χ1n) is 7.76. The Kier molecular flexibility index (Phi) is 5.97. The van der Waals surface area contributed by atoms with Crippen LogP contribution in [0.15, 0.2) is 0 Å². The molecule has 0 aliphatic heterocycles. The van der Waals surface area contributed by atoms with Crippen molar-refractivity contribution in [3.63, 3.8) is 0 Å². The minimum absolute atomic E-state index is 0.0115. The number of ketones is 1. The van der Waals surface area contributed by atoms with E-state index in [0.717, 1.165) is 6.42 Å². The smallest absolute Gasteiger partial charge is 0.137 e. The molecule has 118 valence electrons. The highest BCUT2D eigenvalue weighted by molar-refractivity contribution is 7.84. The maximum absolute atomic E-state index is 12.4. The summed E-state index contributed by atoms with van der Waals surface area (Å²) < 4.78 is 15.4. The highest BCUT2D eigenvalue weighted by Gasteiger charge is 2.43. The van der Waals surface area contributed by atoms with Crippen LogP contribution in [-0.2, 0) is 15.8 Å². The van der Waals surface area contributed by atoms with Crippen LogP contribution in [0, 0.1) is 23.7 Å². The Bertz CT molecular complexity index is 371. The summed E-state index contributed by atoms with van der Waals surface area (Å²) in [4.78, 5) is 12.3. The summed E-state index contributed by atoms with van der Waals surface area (Å²) in [5.74, 6) is 1.58. The zero-order valence-electron chi connectivity index (χ0n) is 14.0. The van der Waals surface area contributed by atoms with Crippen LogP contribution >= 0.6 is 0 Å². The Morgan fingerprint density at radius 3 is 2.15 bits per heavy atom. The molecule has 4 atom stereocenters. The van der Waals surface area contributed by atoms with Crippen molar-refractivity contribution in [2.75, 3.05) is 0 Å². The molecule has 0 aromatic heterocycles. The van der Waals surface area contributed by atoms with E-state index in [1.54, 1.807) is 0 Å². The Morgan fingerprint density at radius 2 is 1.75 bits per heavy atom. The van der Waals surface area contributed by atoms with Gasteiger partial charge in [0.15, 0.2) is 0 Å². The minimum Gasteiger partial charge on any atom is -0.299 e. The fourth-order valence-corrected chi connectivity index (χ4v) is 4.05. The summed E-state index contributed by atoms with van der Waals surface area (Å²) in [6, 6.07) is 0.0115. The molecule has 1 aliphatic rings. The molecule has 3 nitrogen and oxygen atoms in total. The molecule has 0 unspecified atom stereocenters. The number of carbonyl (C=O) groups excluding carboxylic acids is 1. The standard InChI is InChI=1S/C16H31NO2S/c1-10(2)12-8-9-13(18)14(12)15(11(3)4)17-20(19)16(5,6)7/h10-12,14-15,17H,8-9H2,1-7H3/t12-,14+,15-,20-/m1/s1. The van der Waals surface area contributed by atoms with Gasteiger partial charge in [0, 0.05) is 18.4 Å². The quantitative estimate of drug-likeness (QED) is 0.847. The van der Waals surface area contributed by atoms with Gasteiger partial charge in [-0.3, -0.25) is 4.79 Å². The first-order chi connectivity index (χ1) is 9.05. The van der Waals surface area contributed by atoms with E-state index in [-0.39, 0.29) is 16.7 Å². The van der Waals surface area contributed by atoms with E-state index >= 15 is 0 Å². The predicted octanol–water partition coefficient (Wildman–Crippen LogP) is 3.31. The van der Waals surface area contributed by atoms with Gasteiger partial charge < -0.3 is 0 Å². The van der Waals surface area contributed by atoms with Crippen LogP contribution in [0.2, 0.25) is 0 Å². The van der Waals surface area contributed by atoms with E-state index in [0.29, 0.717) is 30.0 Å². The Labute approximate surface area is 126 Å². The van der Waals surface area contributed by atoms with Crippen LogP contribution in [0.5, 0.6) is 0 Å². The zero-order valence-corrected chi connectivity index (χ0v) is 14.8. The third-order valence-electron chi connectivity index (χ3n) is 4.32. The summed E-state index contributed by atoms with van der Waals surface area (Å²) in [5, 5.41) is 0. The molecule has 0 aromatic carbocycles. The lowest BCUT2D eigenvalue weighted by Crippen LogP contribution is -2.49. The highest BCUT2D eigenvalue weighted by atomic mass is 32.2. The topological polar surface area (TPSA) is 46.2 Å². The molecule has 0 spiro atoms. The van der Waals surface area contributed by atoms with Crippen LogP contribution in [0.4, 0.5) is 0 Å². The maximum atomic E-state index is 12.4. The molecule has 0 amide bonds. The number of nitrogens with one attached hydrogen (secondary N) is 1. The fourth-order valence-electron chi connectivity index (χ4n) is 3.03. The molecule has 1 fully saturated rings. The summed E-state index contributed by atoms with van der Waals surface area (Å²) in [5.41, 5.74) is 0. The van der Waals surface area contributed by atoms with Gasteiger partial charge in [-0.2, -0.15) is 0 Å². The molecule has 1 N–H and O–H groups in total. The van der Waals surface area contributed by atoms with Crippen molar-refractivity contribution < 1.29 is 9.00 Å². The van der Waals surface area contributed by atoms with Gasteiger partial charge in [-0.05, 0) is 44.9 Å². The Morgan fingerprint density at radius 1 is 1.20 bits per heavy atom. The lowest BCUT2D eigenvalue weighted by Gasteiger charge is -2.34. The van der Waals surface area contributed by atoms with Crippen molar-refractivity contribution >= 4 is 16.8 Å². The van der Waals surface area contributed by atoms with Crippen LogP contribution in [0.1, 0.15) is 61.3 Å². The lowest BCUT2D eigenvalue weighted by atomic mass is 9.78. The van der Waals surface area contributed by atoms with Gasteiger partial charge in [-0.15, -0.1) is 0 Å². The molecule has 4 heteroatoms. The number of Topliss-reactive ketones (excluding diaryl/α,β-unsaturated/α-hetero) is 1. The van der Waals surface area contributed by atoms with Crippen molar-refractivity contribution in [1.82, 2.24) is 4.72 Å². The molecule has 1 rings (SSSR count). The van der Waals surface area contributed by atoms with Crippen LogP contribution in [-0.4, -0.2) is 20.8 Å². The van der Waals surface area contributed by atoms with Crippen LogP contribution in [0.3, 0.4) is 0 Å². The molecule has 1 saturated carbocycles. The van der Waals surface area contributed by atoms with Gasteiger partial charge in [0.05, 0.1) is 15.7 Å². The van der Waals surface area contributed by atoms with Gasteiger partial charge in [0.1, 0.15) is 5.78 Å². The molecule has 0 aromatic rings. The second-order valence-corrected chi connectivity index (χ2v) is 9.71. The van der Waals surface area contributed by atoms with E-state index in [4.69, 9.17) is 0 Å². The molecule has 0 saturated heterocycles. The van der Waals surface area contributed by atoms with Crippen molar-refractivity contribution in [3.8, 4) is 0 Å². The molecule has 0 bridgehead atoms. The number of hydrogen-bond donors (Lipinski definition) is 1. The Hall–Kier alpha value is -0.220. The summed E-state index contributed by atoms with van der Waals surface area (Å²) >= 11 is 0. The van der Waals surface area contributed by atoms with Crippen molar-refractivity contribution in [3.05, 3.63) is 0 Å². The zero-order chi connectivity index (χ0) is 15.7. The van der Waals surface area contributed by atoms with E-state index in [1.807, 2.05) is 20.8 Å². The van der Waals surface area contributed by atoms with Gasteiger partial charge in [-0.1, -0.05) is 27.7 Å². The number of hydrogen-bond acceptors (Lipinski definition) is 2. The number of carbonyl (C=O) groups is 1. The maximum Gasteiger partial charge on any atom is 0.137 e. The third-order valence-corrected chi connectivity index (χ3v) is 5.92. The minimum atomic E-state index is -1.13. The highest BCUT2D eigenvalue weighted by Crippen LogP contribution is 2.38. The third kappa shape index (κ3) is 4.14. The Balaban J connectivity index is 2.95. The van der Waals surface area contributed by atoms with Crippen LogP contribution in [0.25, 0.3) is 0 Å². The average Bonchev–Trinajstić information content (AvgIpc) is 2.66. The molecular weight excluding hydrogens is 270 g/mol. The van der Waals surface area contributed by atoms with Gasteiger partial charge in [0.2, 0.25) is 0 Å². The van der Waals surface area contributed by atoms with Gasteiger partial charge >= 0.3 is 0 Å². The van der Waals surface area contributed by atoms with Gasteiger partial charge in [-0.25, -0.2) is 8.93 Å². The van der Waals surface area contributed by atoms with Crippen molar-refractivity contribution in [1.29, 1.82) is 0 Å². The molecule has 1 aliphatic carbocycles. The average molecular weight is 301 g/mol. The first kappa shape index (κ1) is 17.8. The fraction of sp³-hybridized carbons (Fsp3) is 0.938. The van der Waals surface area contributed by atoms with E-state index in [9.17, 15) is 9.00 Å². The summed E-state index contributed by atoms with van der Waals surface area (Å²) in [7, 11) is -1.13. The van der Waals surface area contributed by atoms with E-state index in [1.165, 1.54) is 0 Å². The van der Waals surface area contributed by atoms with Gasteiger partial charge in [0.25, 0.3) is 0 Å².